The fraction of sp³-hybridized carbons (Fsp3) is 0.143. The van der Waals surface area contributed by atoms with Crippen molar-refractivity contribution in [3.05, 3.63) is 58.9 Å². The van der Waals surface area contributed by atoms with Crippen molar-refractivity contribution < 1.29 is 4.39 Å². The molecule has 0 aliphatic carbocycles. The summed E-state index contributed by atoms with van der Waals surface area (Å²) in [5.41, 5.74) is 2.76. The summed E-state index contributed by atoms with van der Waals surface area (Å²) in [6, 6.07) is 12.3. The molecule has 0 aromatic heterocycles. The van der Waals surface area contributed by atoms with Crippen LogP contribution in [0.5, 0.6) is 0 Å². The van der Waals surface area contributed by atoms with Crippen LogP contribution in [0.1, 0.15) is 5.56 Å². The lowest BCUT2D eigenvalue weighted by atomic mass is 10.0. The summed E-state index contributed by atoms with van der Waals surface area (Å²) in [5, 5.41) is 3.70. The first-order valence-corrected chi connectivity index (χ1v) is 5.77. The molecule has 2 aromatic rings. The molecule has 0 amide bonds. The summed E-state index contributed by atoms with van der Waals surface area (Å²) in [5.74, 6) is -0.252. The van der Waals surface area contributed by atoms with Gasteiger partial charge in [0, 0.05) is 17.1 Å². The summed E-state index contributed by atoms with van der Waals surface area (Å²) in [6.45, 7) is 0.767. The molecular weight excluding hydrogens is 237 g/mol. The second kappa shape index (κ2) is 5.30. The Morgan fingerprint density at radius 3 is 2.65 bits per heavy atom. The maximum Gasteiger partial charge on any atom is 0.123 e. The molecule has 0 bridgehead atoms. The van der Waals surface area contributed by atoms with Gasteiger partial charge >= 0.3 is 0 Å². The lowest BCUT2D eigenvalue weighted by Crippen LogP contribution is -2.04. The topological polar surface area (TPSA) is 12.0 Å². The van der Waals surface area contributed by atoms with E-state index >= 15 is 0 Å². The zero-order valence-electron chi connectivity index (χ0n) is 9.50. The van der Waals surface area contributed by atoms with Crippen LogP contribution in [0.2, 0.25) is 5.02 Å². The van der Waals surface area contributed by atoms with Gasteiger partial charge in [-0.25, -0.2) is 4.39 Å². The van der Waals surface area contributed by atoms with Gasteiger partial charge in [0.2, 0.25) is 0 Å². The van der Waals surface area contributed by atoms with Gasteiger partial charge in [-0.1, -0.05) is 35.9 Å². The van der Waals surface area contributed by atoms with Crippen LogP contribution in [-0.2, 0) is 6.54 Å². The predicted octanol–water partition coefficient (Wildman–Crippen LogP) is 3.87. The molecular formula is C14H13ClFN. The molecule has 0 heterocycles. The lowest BCUT2D eigenvalue weighted by Gasteiger charge is -2.07. The average molecular weight is 250 g/mol. The van der Waals surface area contributed by atoms with Crippen LogP contribution in [0.3, 0.4) is 0 Å². The highest BCUT2D eigenvalue weighted by Gasteiger charge is 2.05. The highest BCUT2D eigenvalue weighted by atomic mass is 35.5. The van der Waals surface area contributed by atoms with Gasteiger partial charge in [-0.2, -0.15) is 0 Å². The van der Waals surface area contributed by atoms with Crippen molar-refractivity contribution in [1.82, 2.24) is 5.32 Å². The molecule has 3 heteroatoms. The van der Waals surface area contributed by atoms with Crippen LogP contribution < -0.4 is 5.32 Å². The molecule has 0 radical (unpaired) electrons. The van der Waals surface area contributed by atoms with Crippen molar-refractivity contribution in [3.8, 4) is 11.1 Å². The van der Waals surface area contributed by atoms with E-state index < -0.39 is 0 Å². The summed E-state index contributed by atoms with van der Waals surface area (Å²) in [7, 11) is 1.88. The first-order valence-electron chi connectivity index (χ1n) is 5.39. The van der Waals surface area contributed by atoms with Gasteiger partial charge in [0.05, 0.1) is 0 Å². The second-order valence-corrected chi connectivity index (χ2v) is 4.26. The van der Waals surface area contributed by atoms with Crippen LogP contribution in [0.15, 0.2) is 42.5 Å². The second-order valence-electron chi connectivity index (χ2n) is 3.85. The van der Waals surface area contributed by atoms with E-state index in [-0.39, 0.29) is 5.82 Å². The van der Waals surface area contributed by atoms with E-state index in [0.717, 1.165) is 23.2 Å². The fourth-order valence-electron chi connectivity index (χ4n) is 1.76. The smallest absolute Gasteiger partial charge is 0.123 e. The molecule has 0 spiro atoms. The van der Waals surface area contributed by atoms with Crippen LogP contribution in [0.25, 0.3) is 11.1 Å². The Morgan fingerprint density at radius 2 is 2.00 bits per heavy atom. The number of rotatable bonds is 3. The number of hydrogen-bond donors (Lipinski definition) is 1. The molecule has 0 saturated carbocycles. The van der Waals surface area contributed by atoms with E-state index in [0.29, 0.717) is 5.02 Å². The van der Waals surface area contributed by atoms with Gasteiger partial charge < -0.3 is 5.32 Å². The van der Waals surface area contributed by atoms with Crippen LogP contribution >= 0.6 is 11.6 Å². The number of halogens is 2. The minimum absolute atomic E-state index is 0.252. The average Bonchev–Trinajstić information content (AvgIpc) is 2.29. The van der Waals surface area contributed by atoms with Crippen molar-refractivity contribution in [2.75, 3.05) is 7.05 Å². The lowest BCUT2D eigenvalue weighted by molar-refractivity contribution is 0.628. The monoisotopic (exact) mass is 249 g/mol. The van der Waals surface area contributed by atoms with E-state index in [1.807, 2.05) is 31.3 Å². The van der Waals surface area contributed by atoms with Crippen molar-refractivity contribution in [1.29, 1.82) is 0 Å². The third-order valence-electron chi connectivity index (χ3n) is 2.55. The molecule has 0 unspecified atom stereocenters. The van der Waals surface area contributed by atoms with Crippen LogP contribution in [0, 0.1) is 5.82 Å². The van der Waals surface area contributed by atoms with Gasteiger partial charge in [0.1, 0.15) is 5.82 Å². The molecule has 1 N–H and O–H groups in total. The van der Waals surface area contributed by atoms with Crippen molar-refractivity contribution in [2.45, 2.75) is 6.54 Å². The molecule has 2 rings (SSSR count). The standard InChI is InChI=1S/C14H13ClFN/c1-17-9-10-5-6-13(14(15)7-10)11-3-2-4-12(16)8-11/h2-8,17H,9H2,1H3. The Kier molecular flexibility index (Phi) is 3.77. The van der Waals surface area contributed by atoms with Crippen molar-refractivity contribution in [2.24, 2.45) is 0 Å². The van der Waals surface area contributed by atoms with Crippen LogP contribution in [-0.4, -0.2) is 7.05 Å². The fourth-order valence-corrected chi connectivity index (χ4v) is 2.08. The van der Waals surface area contributed by atoms with E-state index in [2.05, 4.69) is 5.32 Å². The van der Waals surface area contributed by atoms with E-state index in [1.54, 1.807) is 6.07 Å². The van der Waals surface area contributed by atoms with Gasteiger partial charge in [-0.15, -0.1) is 0 Å². The Labute approximate surface area is 105 Å². The zero-order valence-corrected chi connectivity index (χ0v) is 10.3. The van der Waals surface area contributed by atoms with Crippen molar-refractivity contribution in [3.63, 3.8) is 0 Å². The Bertz CT molecular complexity index is 525. The number of benzene rings is 2. The minimum atomic E-state index is -0.252. The Hall–Kier alpha value is -1.38. The molecule has 88 valence electrons. The molecule has 17 heavy (non-hydrogen) atoms. The SMILES string of the molecule is CNCc1ccc(-c2cccc(F)c2)c(Cl)c1. The van der Waals surface area contributed by atoms with Crippen LogP contribution in [0.4, 0.5) is 4.39 Å². The molecule has 1 nitrogen and oxygen atoms in total. The number of nitrogens with one attached hydrogen (secondary N) is 1. The molecule has 0 aliphatic heterocycles. The molecule has 0 saturated heterocycles. The van der Waals surface area contributed by atoms with Gasteiger partial charge in [-0.05, 0) is 36.4 Å². The molecule has 0 fully saturated rings. The van der Waals surface area contributed by atoms with E-state index in [9.17, 15) is 4.39 Å². The maximum absolute atomic E-state index is 13.1. The predicted molar refractivity (Wildman–Crippen MR) is 69.6 cm³/mol. The Balaban J connectivity index is 2.39. The van der Waals surface area contributed by atoms with Gasteiger partial charge in [0.15, 0.2) is 0 Å². The normalized spacial score (nSPS) is 10.5. The van der Waals surface area contributed by atoms with E-state index in [1.165, 1.54) is 12.1 Å². The first-order chi connectivity index (χ1) is 8.20. The molecule has 0 atom stereocenters. The molecule has 0 aliphatic rings. The molecule has 2 aromatic carbocycles. The maximum atomic E-state index is 13.1. The summed E-state index contributed by atoms with van der Waals surface area (Å²) >= 11 is 6.20. The summed E-state index contributed by atoms with van der Waals surface area (Å²) in [6.07, 6.45) is 0. The minimum Gasteiger partial charge on any atom is -0.316 e. The summed E-state index contributed by atoms with van der Waals surface area (Å²) in [4.78, 5) is 0. The third kappa shape index (κ3) is 2.84. The zero-order chi connectivity index (χ0) is 12.3. The van der Waals surface area contributed by atoms with Gasteiger partial charge in [-0.3, -0.25) is 0 Å². The van der Waals surface area contributed by atoms with Gasteiger partial charge in [0.25, 0.3) is 0 Å². The highest BCUT2D eigenvalue weighted by molar-refractivity contribution is 6.33. The van der Waals surface area contributed by atoms with Crippen molar-refractivity contribution >= 4 is 11.6 Å². The number of hydrogen-bond acceptors (Lipinski definition) is 1. The largest absolute Gasteiger partial charge is 0.316 e. The quantitative estimate of drug-likeness (QED) is 0.871. The first kappa shape index (κ1) is 12.1. The highest BCUT2D eigenvalue weighted by Crippen LogP contribution is 2.29. The Morgan fingerprint density at radius 1 is 1.18 bits per heavy atom. The summed E-state index contributed by atoms with van der Waals surface area (Å²) < 4.78 is 13.1. The van der Waals surface area contributed by atoms with E-state index in [4.69, 9.17) is 11.6 Å². The third-order valence-corrected chi connectivity index (χ3v) is 2.86.